The fourth-order valence-corrected chi connectivity index (χ4v) is 1.48. The van der Waals surface area contributed by atoms with Crippen LogP contribution in [0.1, 0.15) is 6.42 Å². The maximum atomic E-state index is 11.2. The number of pyridine rings is 1. The summed E-state index contributed by atoms with van der Waals surface area (Å²) in [5, 5.41) is 0. The molecule has 0 aliphatic heterocycles. The topological polar surface area (TPSA) is 91.1 Å². The van der Waals surface area contributed by atoms with Crippen LogP contribution in [0.2, 0.25) is 0 Å². The van der Waals surface area contributed by atoms with Gasteiger partial charge in [0.2, 0.25) is 11.3 Å². The Bertz CT molecular complexity index is 387. The van der Waals surface area contributed by atoms with Gasteiger partial charge in [-0.3, -0.25) is 9.59 Å². The number of carbonyl (C=O) groups excluding carboxylic acids is 1. The zero-order valence-electron chi connectivity index (χ0n) is 7.37. The van der Waals surface area contributed by atoms with Crippen LogP contribution >= 0.6 is 15.9 Å². The molecule has 1 aromatic rings. The lowest BCUT2D eigenvalue weighted by Crippen LogP contribution is -2.17. The Hall–Kier alpha value is -1.30. The average Bonchev–Trinajstić information content (AvgIpc) is 2.10. The molecule has 76 valence electrons. The first-order chi connectivity index (χ1) is 6.50. The van der Waals surface area contributed by atoms with Gasteiger partial charge < -0.3 is 16.0 Å². The van der Waals surface area contributed by atoms with E-state index >= 15 is 0 Å². The minimum absolute atomic E-state index is 0.142. The summed E-state index contributed by atoms with van der Waals surface area (Å²) in [5.41, 5.74) is 10.3. The van der Waals surface area contributed by atoms with Crippen molar-refractivity contribution in [2.24, 2.45) is 5.73 Å². The molecule has 4 N–H and O–H groups in total. The molecular formula is C8H10BrN3O2. The van der Waals surface area contributed by atoms with E-state index in [0.717, 1.165) is 0 Å². The Morgan fingerprint density at radius 3 is 2.64 bits per heavy atom. The first-order valence-corrected chi connectivity index (χ1v) is 4.73. The summed E-state index contributed by atoms with van der Waals surface area (Å²) in [6, 6.07) is 0. The number of hydrogen-bond donors (Lipinski definition) is 2. The van der Waals surface area contributed by atoms with Gasteiger partial charge >= 0.3 is 0 Å². The lowest BCUT2D eigenvalue weighted by atomic mass is 10.3. The summed E-state index contributed by atoms with van der Waals surface area (Å²) < 4.78 is 2.02. The molecule has 0 saturated carbocycles. The van der Waals surface area contributed by atoms with Crippen LogP contribution < -0.4 is 16.9 Å². The number of nitrogens with two attached hydrogens (primary N) is 2. The summed E-state index contributed by atoms with van der Waals surface area (Å²) in [5.74, 6) is -0.390. The Balaban J connectivity index is 2.90. The highest BCUT2D eigenvalue weighted by molar-refractivity contribution is 9.10. The fourth-order valence-electron chi connectivity index (χ4n) is 0.985. The molecule has 0 spiro atoms. The van der Waals surface area contributed by atoms with E-state index in [9.17, 15) is 9.59 Å². The van der Waals surface area contributed by atoms with E-state index in [1.54, 1.807) is 10.8 Å². The van der Waals surface area contributed by atoms with Crippen molar-refractivity contribution < 1.29 is 4.79 Å². The largest absolute Gasteiger partial charge is 0.394 e. The quantitative estimate of drug-likeness (QED) is 0.805. The van der Waals surface area contributed by atoms with Crippen LogP contribution in [0.5, 0.6) is 0 Å². The Kier molecular flexibility index (Phi) is 3.29. The van der Waals surface area contributed by atoms with Gasteiger partial charge in [-0.1, -0.05) is 0 Å². The number of aryl methyl sites for hydroxylation is 1. The van der Waals surface area contributed by atoms with Crippen LogP contribution in [-0.4, -0.2) is 10.5 Å². The molecule has 0 unspecified atom stereocenters. The molecule has 1 amide bonds. The molecule has 14 heavy (non-hydrogen) atoms. The van der Waals surface area contributed by atoms with E-state index in [-0.39, 0.29) is 17.5 Å². The van der Waals surface area contributed by atoms with Gasteiger partial charge in [-0.2, -0.15) is 0 Å². The van der Waals surface area contributed by atoms with Crippen LogP contribution in [0, 0.1) is 0 Å². The number of rotatable bonds is 3. The van der Waals surface area contributed by atoms with E-state index in [1.165, 1.54) is 6.20 Å². The van der Waals surface area contributed by atoms with E-state index in [2.05, 4.69) is 15.9 Å². The minimum Gasteiger partial charge on any atom is -0.394 e. The number of amides is 1. The van der Waals surface area contributed by atoms with Gasteiger partial charge in [-0.25, -0.2) is 0 Å². The molecule has 1 heterocycles. The second-order valence-corrected chi connectivity index (χ2v) is 3.70. The first-order valence-electron chi connectivity index (χ1n) is 3.94. The van der Waals surface area contributed by atoms with E-state index in [1.807, 2.05) is 0 Å². The van der Waals surface area contributed by atoms with Gasteiger partial charge in [-0.15, -0.1) is 0 Å². The fraction of sp³-hybridized carbons (Fsp3) is 0.250. The Morgan fingerprint density at radius 2 is 2.14 bits per heavy atom. The minimum atomic E-state index is -0.390. The van der Waals surface area contributed by atoms with Crippen LogP contribution in [0.3, 0.4) is 0 Å². The van der Waals surface area contributed by atoms with Crippen LogP contribution in [0.4, 0.5) is 5.69 Å². The molecule has 0 aliphatic rings. The highest BCUT2D eigenvalue weighted by Gasteiger charge is 2.02. The molecule has 1 aromatic heterocycles. The van der Waals surface area contributed by atoms with E-state index in [0.29, 0.717) is 11.0 Å². The van der Waals surface area contributed by atoms with Crippen molar-refractivity contribution in [1.82, 2.24) is 4.57 Å². The monoisotopic (exact) mass is 259 g/mol. The normalized spacial score (nSPS) is 10.1. The summed E-state index contributed by atoms with van der Waals surface area (Å²) in [4.78, 5) is 21.7. The van der Waals surface area contributed by atoms with Crippen LogP contribution in [0.15, 0.2) is 21.7 Å². The van der Waals surface area contributed by atoms with Gasteiger partial charge in [0.15, 0.2) is 0 Å². The summed E-state index contributed by atoms with van der Waals surface area (Å²) in [7, 11) is 0. The van der Waals surface area contributed by atoms with Gasteiger partial charge in [0, 0.05) is 25.4 Å². The number of carbonyl (C=O) groups is 1. The number of nitrogens with zero attached hydrogens (tertiary/aromatic N) is 1. The Labute approximate surface area is 88.8 Å². The molecule has 0 bridgehead atoms. The molecular weight excluding hydrogens is 250 g/mol. The number of primary amides is 1. The number of nitrogen functional groups attached to an aromatic ring is 1. The van der Waals surface area contributed by atoms with Crippen molar-refractivity contribution in [3.63, 3.8) is 0 Å². The number of hydrogen-bond acceptors (Lipinski definition) is 3. The maximum Gasteiger partial charge on any atom is 0.219 e. The predicted molar refractivity (Wildman–Crippen MR) is 56.6 cm³/mol. The third-order valence-corrected chi connectivity index (χ3v) is 2.24. The summed E-state index contributed by atoms with van der Waals surface area (Å²) in [6.45, 7) is 0.415. The number of halogens is 1. The average molecular weight is 260 g/mol. The standard InChI is InChI=1S/C8H10BrN3O2/c9-5-3-12(2-1-7(11)13)4-6(10)8(5)14/h3-4H,1-2,10H2,(H2,11,13). The summed E-state index contributed by atoms with van der Waals surface area (Å²) >= 11 is 3.07. The smallest absolute Gasteiger partial charge is 0.219 e. The lowest BCUT2D eigenvalue weighted by Gasteiger charge is -2.06. The maximum absolute atomic E-state index is 11.2. The van der Waals surface area contributed by atoms with E-state index in [4.69, 9.17) is 11.5 Å². The first kappa shape index (κ1) is 10.8. The molecule has 0 saturated heterocycles. The zero-order valence-corrected chi connectivity index (χ0v) is 8.95. The molecule has 0 aromatic carbocycles. The Morgan fingerprint density at radius 1 is 1.50 bits per heavy atom. The van der Waals surface area contributed by atoms with Crippen molar-refractivity contribution in [3.8, 4) is 0 Å². The zero-order chi connectivity index (χ0) is 10.7. The molecule has 0 atom stereocenters. The van der Waals surface area contributed by atoms with Crippen molar-refractivity contribution in [2.45, 2.75) is 13.0 Å². The number of anilines is 1. The second-order valence-electron chi connectivity index (χ2n) is 2.84. The third-order valence-electron chi connectivity index (χ3n) is 1.68. The van der Waals surface area contributed by atoms with Crippen molar-refractivity contribution in [2.75, 3.05) is 5.73 Å². The summed E-state index contributed by atoms with van der Waals surface area (Å²) in [6.07, 6.45) is 3.27. The second kappa shape index (κ2) is 4.28. The molecule has 0 fully saturated rings. The van der Waals surface area contributed by atoms with E-state index < -0.39 is 5.91 Å². The third kappa shape index (κ3) is 2.59. The van der Waals surface area contributed by atoms with Crippen LogP contribution in [0.25, 0.3) is 0 Å². The molecule has 0 aliphatic carbocycles. The van der Waals surface area contributed by atoms with Gasteiger partial charge in [0.05, 0.1) is 10.2 Å². The highest BCUT2D eigenvalue weighted by atomic mass is 79.9. The van der Waals surface area contributed by atoms with Gasteiger partial charge in [0.25, 0.3) is 0 Å². The van der Waals surface area contributed by atoms with Gasteiger partial charge in [0.1, 0.15) is 0 Å². The SMILES string of the molecule is NC(=O)CCn1cc(N)c(=O)c(Br)c1. The van der Waals surface area contributed by atoms with Crippen LogP contribution in [-0.2, 0) is 11.3 Å². The number of aromatic nitrogens is 1. The molecule has 0 radical (unpaired) electrons. The highest BCUT2D eigenvalue weighted by Crippen LogP contribution is 2.06. The van der Waals surface area contributed by atoms with Crippen molar-refractivity contribution >= 4 is 27.5 Å². The lowest BCUT2D eigenvalue weighted by molar-refractivity contribution is -0.118. The molecule has 1 rings (SSSR count). The van der Waals surface area contributed by atoms with Gasteiger partial charge in [-0.05, 0) is 15.9 Å². The van der Waals surface area contributed by atoms with Crippen molar-refractivity contribution in [3.05, 3.63) is 27.1 Å². The predicted octanol–water partition coefficient (Wildman–Crippen LogP) is 0.0684. The molecule has 5 nitrogen and oxygen atoms in total. The molecule has 6 heteroatoms. The van der Waals surface area contributed by atoms with Crippen molar-refractivity contribution in [1.29, 1.82) is 0 Å².